The molecule has 0 radical (unpaired) electrons. The van der Waals surface area contributed by atoms with Gasteiger partial charge in [0.05, 0.1) is 23.3 Å². The number of fused-ring (bicyclic) bond motifs is 1. The Morgan fingerprint density at radius 3 is 3.10 bits per heavy atom. The lowest BCUT2D eigenvalue weighted by Gasteiger charge is -2.16. The monoisotopic (exact) mass is 275 g/mol. The second-order valence-electron chi connectivity index (χ2n) is 4.43. The smallest absolute Gasteiger partial charge is 0.255 e. The molecular formula is C13H17N5O2. The van der Waals surface area contributed by atoms with Crippen LogP contribution in [0.1, 0.15) is 30.1 Å². The number of hydrogen-bond acceptors (Lipinski definition) is 4. The number of aromatic nitrogens is 2. The Hall–Kier alpha value is -2.57. The molecule has 7 heteroatoms. The minimum Gasteiger partial charge on any atom is -0.409 e. The molecule has 1 unspecified atom stereocenters. The van der Waals surface area contributed by atoms with Crippen LogP contribution in [0.3, 0.4) is 0 Å². The van der Waals surface area contributed by atoms with E-state index < -0.39 is 6.04 Å². The number of amides is 1. The van der Waals surface area contributed by atoms with Gasteiger partial charge in [-0.3, -0.25) is 4.79 Å². The first-order chi connectivity index (χ1) is 9.67. The lowest BCUT2D eigenvalue weighted by atomic mass is 10.1. The van der Waals surface area contributed by atoms with Gasteiger partial charge in [0.1, 0.15) is 0 Å². The van der Waals surface area contributed by atoms with Gasteiger partial charge in [0.2, 0.25) is 0 Å². The molecule has 1 atom stereocenters. The number of carbonyl (C=O) groups is 1. The van der Waals surface area contributed by atoms with Crippen molar-refractivity contribution in [2.75, 3.05) is 0 Å². The molecule has 2 aromatic heterocycles. The third-order valence-corrected chi connectivity index (χ3v) is 3.03. The first-order valence-electron chi connectivity index (χ1n) is 6.38. The van der Waals surface area contributed by atoms with Gasteiger partial charge in [0.15, 0.2) is 5.84 Å². The van der Waals surface area contributed by atoms with Crippen LogP contribution in [0.2, 0.25) is 0 Å². The fourth-order valence-corrected chi connectivity index (χ4v) is 2.00. The van der Waals surface area contributed by atoms with E-state index in [9.17, 15) is 4.79 Å². The van der Waals surface area contributed by atoms with Crippen LogP contribution in [0, 0.1) is 0 Å². The van der Waals surface area contributed by atoms with Gasteiger partial charge in [0, 0.05) is 6.20 Å². The molecule has 0 aliphatic carbocycles. The Labute approximate surface area is 116 Å². The molecule has 0 aliphatic heterocycles. The number of pyridine rings is 1. The molecule has 2 heterocycles. The van der Waals surface area contributed by atoms with Crippen LogP contribution >= 0.6 is 0 Å². The zero-order valence-corrected chi connectivity index (χ0v) is 11.2. The third kappa shape index (κ3) is 2.71. The molecule has 2 aromatic rings. The Kier molecular flexibility index (Phi) is 4.19. The van der Waals surface area contributed by atoms with Gasteiger partial charge < -0.3 is 16.3 Å². The van der Waals surface area contributed by atoms with E-state index in [1.54, 1.807) is 16.8 Å². The summed E-state index contributed by atoms with van der Waals surface area (Å²) in [5.74, 6) is -0.298. The molecule has 2 rings (SSSR count). The molecule has 0 aliphatic rings. The summed E-state index contributed by atoms with van der Waals surface area (Å²) in [6.07, 6.45) is 4.66. The predicted molar refractivity (Wildman–Crippen MR) is 74.8 cm³/mol. The maximum absolute atomic E-state index is 12.3. The van der Waals surface area contributed by atoms with Crippen LogP contribution < -0.4 is 11.1 Å². The Balaban J connectivity index is 2.22. The largest absolute Gasteiger partial charge is 0.409 e. The summed E-state index contributed by atoms with van der Waals surface area (Å²) in [5, 5.41) is 18.6. The van der Waals surface area contributed by atoms with Crippen LogP contribution in [-0.2, 0) is 0 Å². The van der Waals surface area contributed by atoms with E-state index in [0.29, 0.717) is 17.5 Å². The SMILES string of the molecule is CCCC(NC(=O)c1cnn2ccccc12)/C(N)=N/O. The normalized spacial score (nSPS) is 13.3. The van der Waals surface area contributed by atoms with Crippen molar-refractivity contribution in [3.05, 3.63) is 36.2 Å². The van der Waals surface area contributed by atoms with E-state index >= 15 is 0 Å². The molecule has 7 nitrogen and oxygen atoms in total. The van der Waals surface area contributed by atoms with Gasteiger partial charge in [0.25, 0.3) is 5.91 Å². The minimum absolute atomic E-state index is 0.00308. The Bertz CT molecular complexity index is 634. The van der Waals surface area contributed by atoms with Gasteiger partial charge in [-0.25, -0.2) is 4.52 Å². The number of nitrogens with two attached hydrogens (primary N) is 1. The Morgan fingerprint density at radius 1 is 1.60 bits per heavy atom. The van der Waals surface area contributed by atoms with Crippen molar-refractivity contribution in [1.82, 2.24) is 14.9 Å². The molecule has 106 valence electrons. The number of nitrogens with one attached hydrogen (secondary N) is 1. The highest BCUT2D eigenvalue weighted by atomic mass is 16.4. The van der Waals surface area contributed by atoms with Crippen LogP contribution in [0.15, 0.2) is 35.7 Å². The molecule has 0 aromatic carbocycles. The van der Waals surface area contributed by atoms with Crippen LogP contribution in [-0.4, -0.2) is 32.6 Å². The van der Waals surface area contributed by atoms with E-state index in [1.165, 1.54) is 6.20 Å². The maximum Gasteiger partial charge on any atom is 0.255 e. The number of carbonyl (C=O) groups excluding carboxylic acids is 1. The van der Waals surface area contributed by atoms with E-state index in [-0.39, 0.29) is 11.7 Å². The number of rotatable bonds is 5. The molecule has 4 N–H and O–H groups in total. The summed E-state index contributed by atoms with van der Waals surface area (Å²) in [6.45, 7) is 1.96. The van der Waals surface area contributed by atoms with Crippen molar-refractivity contribution >= 4 is 17.3 Å². The standard InChI is InChI=1S/C13H17N5O2/c1-2-5-10(12(14)17-20)16-13(19)9-8-15-18-7-4-3-6-11(9)18/h3-4,6-8,10,20H,2,5H2,1H3,(H2,14,17)(H,16,19). The van der Waals surface area contributed by atoms with Crippen LogP contribution in [0.5, 0.6) is 0 Å². The van der Waals surface area contributed by atoms with Crippen molar-refractivity contribution in [1.29, 1.82) is 0 Å². The second kappa shape index (κ2) is 6.05. The van der Waals surface area contributed by atoms with Crippen molar-refractivity contribution in [3.63, 3.8) is 0 Å². The lowest BCUT2D eigenvalue weighted by Crippen LogP contribution is -2.44. The average Bonchev–Trinajstić information content (AvgIpc) is 2.90. The van der Waals surface area contributed by atoms with Crippen molar-refractivity contribution in [2.45, 2.75) is 25.8 Å². The van der Waals surface area contributed by atoms with Crippen LogP contribution in [0.25, 0.3) is 5.52 Å². The van der Waals surface area contributed by atoms with E-state index in [0.717, 1.165) is 6.42 Å². The number of oxime groups is 1. The lowest BCUT2D eigenvalue weighted by molar-refractivity contribution is 0.0946. The first-order valence-corrected chi connectivity index (χ1v) is 6.38. The quantitative estimate of drug-likeness (QED) is 0.327. The molecule has 0 bridgehead atoms. The number of amidine groups is 1. The van der Waals surface area contributed by atoms with Gasteiger partial charge in [-0.05, 0) is 18.6 Å². The van der Waals surface area contributed by atoms with Crippen molar-refractivity contribution in [3.8, 4) is 0 Å². The minimum atomic E-state index is -0.490. The predicted octanol–water partition coefficient (Wildman–Crippen LogP) is 0.979. The summed E-state index contributed by atoms with van der Waals surface area (Å²) < 4.78 is 1.62. The van der Waals surface area contributed by atoms with Crippen molar-refractivity contribution < 1.29 is 10.0 Å². The van der Waals surface area contributed by atoms with Gasteiger partial charge in [-0.15, -0.1) is 0 Å². The highest BCUT2D eigenvalue weighted by molar-refractivity contribution is 6.02. The summed E-state index contributed by atoms with van der Waals surface area (Å²) in [6, 6.07) is 4.98. The molecule has 0 fully saturated rings. The Morgan fingerprint density at radius 2 is 2.40 bits per heavy atom. The maximum atomic E-state index is 12.3. The fourth-order valence-electron chi connectivity index (χ4n) is 2.00. The topological polar surface area (TPSA) is 105 Å². The molecule has 20 heavy (non-hydrogen) atoms. The average molecular weight is 275 g/mol. The van der Waals surface area contributed by atoms with Crippen LogP contribution in [0.4, 0.5) is 0 Å². The van der Waals surface area contributed by atoms with Gasteiger partial charge >= 0.3 is 0 Å². The third-order valence-electron chi connectivity index (χ3n) is 3.03. The summed E-state index contributed by atoms with van der Waals surface area (Å²) in [7, 11) is 0. The summed E-state index contributed by atoms with van der Waals surface area (Å²) >= 11 is 0. The molecule has 0 saturated heterocycles. The van der Waals surface area contributed by atoms with Gasteiger partial charge in [-0.2, -0.15) is 5.10 Å². The number of hydrogen-bond donors (Lipinski definition) is 3. The first kappa shape index (κ1) is 13.9. The highest BCUT2D eigenvalue weighted by Crippen LogP contribution is 2.10. The second-order valence-corrected chi connectivity index (χ2v) is 4.43. The van der Waals surface area contributed by atoms with Crippen molar-refractivity contribution in [2.24, 2.45) is 10.9 Å². The number of nitrogens with zero attached hydrogens (tertiary/aromatic N) is 3. The fraction of sp³-hybridized carbons (Fsp3) is 0.308. The molecule has 0 spiro atoms. The van der Waals surface area contributed by atoms with E-state index in [2.05, 4.69) is 15.6 Å². The molecule has 1 amide bonds. The summed E-state index contributed by atoms with van der Waals surface area (Å²) in [4.78, 5) is 12.3. The highest BCUT2D eigenvalue weighted by Gasteiger charge is 2.19. The zero-order chi connectivity index (χ0) is 14.5. The molecule has 0 saturated carbocycles. The molecular weight excluding hydrogens is 258 g/mol. The van der Waals surface area contributed by atoms with Gasteiger partial charge in [-0.1, -0.05) is 24.6 Å². The summed E-state index contributed by atoms with van der Waals surface area (Å²) in [5.41, 5.74) is 6.75. The van der Waals surface area contributed by atoms with E-state index in [4.69, 9.17) is 10.9 Å². The van der Waals surface area contributed by atoms with E-state index in [1.807, 2.05) is 19.1 Å². The zero-order valence-electron chi connectivity index (χ0n) is 11.2.